The Hall–Kier alpha value is -0.0800. The first-order valence-electron chi connectivity index (χ1n) is 7.16. The zero-order chi connectivity index (χ0) is 13.1. The van der Waals surface area contributed by atoms with E-state index in [4.69, 9.17) is 10.5 Å². The zero-order valence-corrected chi connectivity index (χ0v) is 12.4. The smallest absolute Gasteiger partial charge is 0.0829 e. The van der Waals surface area contributed by atoms with Gasteiger partial charge in [0.05, 0.1) is 5.60 Å². The van der Waals surface area contributed by atoms with Crippen LogP contribution in [0.3, 0.4) is 0 Å². The predicted molar refractivity (Wildman–Crippen MR) is 74.0 cm³/mol. The second kappa shape index (κ2) is 5.71. The molecule has 1 fully saturated rings. The van der Waals surface area contributed by atoms with E-state index in [0.717, 1.165) is 19.3 Å². The summed E-state index contributed by atoms with van der Waals surface area (Å²) in [5, 5.41) is 0. The van der Waals surface area contributed by atoms with Crippen LogP contribution in [0.5, 0.6) is 0 Å². The number of methoxy groups -OCH3 is 1. The Balaban J connectivity index is 2.63. The third-order valence-corrected chi connectivity index (χ3v) is 4.89. The van der Waals surface area contributed by atoms with Crippen molar-refractivity contribution in [2.45, 2.75) is 77.9 Å². The van der Waals surface area contributed by atoms with Gasteiger partial charge in [0.1, 0.15) is 0 Å². The number of rotatable bonds is 5. The van der Waals surface area contributed by atoms with Crippen molar-refractivity contribution in [3.05, 3.63) is 0 Å². The zero-order valence-electron chi connectivity index (χ0n) is 12.4. The third-order valence-electron chi connectivity index (χ3n) is 4.89. The second-order valence-corrected chi connectivity index (χ2v) is 6.79. The molecule has 0 amide bonds. The highest BCUT2D eigenvalue weighted by atomic mass is 16.5. The molecule has 0 radical (unpaired) electrons. The molecule has 0 bridgehead atoms. The van der Waals surface area contributed by atoms with Gasteiger partial charge in [-0.1, -0.05) is 34.1 Å². The van der Waals surface area contributed by atoms with E-state index in [9.17, 15) is 0 Å². The molecule has 2 unspecified atom stereocenters. The van der Waals surface area contributed by atoms with E-state index in [1.54, 1.807) is 0 Å². The van der Waals surface area contributed by atoms with E-state index in [-0.39, 0.29) is 11.6 Å². The number of hydrogen-bond acceptors (Lipinski definition) is 2. The van der Waals surface area contributed by atoms with Crippen molar-refractivity contribution in [2.75, 3.05) is 7.11 Å². The fourth-order valence-corrected chi connectivity index (χ4v) is 2.89. The molecule has 2 atom stereocenters. The molecule has 0 aromatic rings. The van der Waals surface area contributed by atoms with Crippen molar-refractivity contribution >= 4 is 0 Å². The molecule has 1 rings (SSSR count). The monoisotopic (exact) mass is 241 g/mol. The highest BCUT2D eigenvalue weighted by Gasteiger charge is 2.42. The molecule has 2 heteroatoms. The van der Waals surface area contributed by atoms with Gasteiger partial charge in [0.2, 0.25) is 0 Å². The topological polar surface area (TPSA) is 35.2 Å². The molecular formula is C15H31NO. The molecule has 17 heavy (non-hydrogen) atoms. The van der Waals surface area contributed by atoms with E-state index < -0.39 is 0 Å². The SMILES string of the molecule is CCC(C)CC(N)C1(OC)CCC(C)(C)CC1. The van der Waals surface area contributed by atoms with Crippen molar-refractivity contribution < 1.29 is 4.74 Å². The lowest BCUT2D eigenvalue weighted by Gasteiger charge is -2.46. The summed E-state index contributed by atoms with van der Waals surface area (Å²) in [6.45, 7) is 9.23. The summed E-state index contributed by atoms with van der Waals surface area (Å²) < 4.78 is 5.85. The van der Waals surface area contributed by atoms with Crippen LogP contribution >= 0.6 is 0 Å². The molecular weight excluding hydrogens is 210 g/mol. The lowest BCUT2D eigenvalue weighted by Crippen LogP contribution is -2.53. The van der Waals surface area contributed by atoms with Gasteiger partial charge in [-0.2, -0.15) is 0 Å². The first-order chi connectivity index (χ1) is 7.85. The normalized spacial score (nSPS) is 26.5. The lowest BCUT2D eigenvalue weighted by atomic mass is 9.67. The second-order valence-electron chi connectivity index (χ2n) is 6.79. The maximum atomic E-state index is 6.43. The standard InChI is InChI=1S/C15H31NO/c1-6-12(2)11-13(16)15(17-5)9-7-14(3,4)8-10-15/h12-13H,6-11,16H2,1-5H3. The summed E-state index contributed by atoms with van der Waals surface area (Å²) in [7, 11) is 1.84. The van der Waals surface area contributed by atoms with Gasteiger partial charge >= 0.3 is 0 Å². The van der Waals surface area contributed by atoms with Crippen LogP contribution in [-0.2, 0) is 4.74 Å². The number of hydrogen-bond donors (Lipinski definition) is 1. The van der Waals surface area contributed by atoms with Crippen molar-refractivity contribution in [1.29, 1.82) is 0 Å². The van der Waals surface area contributed by atoms with Crippen LogP contribution in [0, 0.1) is 11.3 Å². The molecule has 0 spiro atoms. The minimum atomic E-state index is -0.0566. The summed E-state index contributed by atoms with van der Waals surface area (Å²) in [6.07, 6.45) is 7.00. The third kappa shape index (κ3) is 3.69. The molecule has 0 aromatic heterocycles. The summed E-state index contributed by atoms with van der Waals surface area (Å²) >= 11 is 0. The lowest BCUT2D eigenvalue weighted by molar-refractivity contribution is -0.0820. The first-order valence-corrected chi connectivity index (χ1v) is 7.16. The van der Waals surface area contributed by atoms with E-state index in [1.165, 1.54) is 19.3 Å². The fraction of sp³-hybridized carbons (Fsp3) is 1.00. The van der Waals surface area contributed by atoms with Crippen molar-refractivity contribution in [2.24, 2.45) is 17.1 Å². The predicted octanol–water partition coefficient (Wildman–Crippen LogP) is 3.74. The van der Waals surface area contributed by atoms with Crippen LogP contribution in [-0.4, -0.2) is 18.8 Å². The number of ether oxygens (including phenoxy) is 1. The van der Waals surface area contributed by atoms with Gasteiger partial charge < -0.3 is 10.5 Å². The number of nitrogens with two attached hydrogens (primary N) is 1. The summed E-state index contributed by atoms with van der Waals surface area (Å²) in [4.78, 5) is 0. The van der Waals surface area contributed by atoms with E-state index in [1.807, 2.05) is 7.11 Å². The van der Waals surface area contributed by atoms with Gasteiger partial charge in [-0.05, 0) is 43.4 Å². The largest absolute Gasteiger partial charge is 0.377 e. The average molecular weight is 241 g/mol. The van der Waals surface area contributed by atoms with Gasteiger partial charge in [0, 0.05) is 13.2 Å². The van der Waals surface area contributed by atoms with E-state index >= 15 is 0 Å². The van der Waals surface area contributed by atoms with Gasteiger partial charge in [0.25, 0.3) is 0 Å². The maximum absolute atomic E-state index is 6.43. The maximum Gasteiger partial charge on any atom is 0.0829 e. The summed E-state index contributed by atoms with van der Waals surface area (Å²) in [5.74, 6) is 0.701. The Morgan fingerprint density at radius 3 is 2.12 bits per heavy atom. The molecule has 0 aliphatic heterocycles. The summed E-state index contributed by atoms with van der Waals surface area (Å²) in [5.41, 5.74) is 6.85. The highest BCUT2D eigenvalue weighted by Crippen LogP contribution is 2.43. The molecule has 2 nitrogen and oxygen atoms in total. The Bertz CT molecular complexity index is 227. The highest BCUT2D eigenvalue weighted by molar-refractivity contribution is 4.97. The molecule has 1 aliphatic rings. The Labute approximate surface area is 107 Å². The molecule has 102 valence electrons. The van der Waals surface area contributed by atoms with Crippen molar-refractivity contribution in [1.82, 2.24) is 0 Å². The minimum Gasteiger partial charge on any atom is -0.377 e. The Morgan fingerprint density at radius 1 is 1.18 bits per heavy atom. The Kier molecular flexibility index (Phi) is 5.03. The van der Waals surface area contributed by atoms with Crippen LogP contribution in [0.4, 0.5) is 0 Å². The van der Waals surface area contributed by atoms with Crippen molar-refractivity contribution in [3.63, 3.8) is 0 Å². The first kappa shape index (κ1) is 15.0. The van der Waals surface area contributed by atoms with Crippen LogP contribution in [0.15, 0.2) is 0 Å². The minimum absolute atomic E-state index is 0.0566. The van der Waals surface area contributed by atoms with Crippen molar-refractivity contribution in [3.8, 4) is 0 Å². The molecule has 2 N–H and O–H groups in total. The Morgan fingerprint density at radius 2 is 1.71 bits per heavy atom. The molecule has 0 aromatic carbocycles. The van der Waals surface area contributed by atoms with Gasteiger partial charge in [0.15, 0.2) is 0 Å². The fourth-order valence-electron chi connectivity index (χ4n) is 2.89. The van der Waals surface area contributed by atoms with Gasteiger partial charge in [-0.15, -0.1) is 0 Å². The van der Waals surface area contributed by atoms with Gasteiger partial charge in [-0.25, -0.2) is 0 Å². The van der Waals surface area contributed by atoms with Gasteiger partial charge in [-0.3, -0.25) is 0 Å². The van der Waals surface area contributed by atoms with Crippen LogP contribution in [0.2, 0.25) is 0 Å². The molecule has 1 aliphatic carbocycles. The average Bonchev–Trinajstić information content (AvgIpc) is 2.29. The van der Waals surface area contributed by atoms with Crippen LogP contribution in [0.1, 0.15) is 66.2 Å². The molecule has 1 saturated carbocycles. The van der Waals surface area contributed by atoms with Crippen LogP contribution < -0.4 is 5.73 Å². The summed E-state index contributed by atoms with van der Waals surface area (Å²) in [6, 6.07) is 0.193. The van der Waals surface area contributed by atoms with Crippen LogP contribution in [0.25, 0.3) is 0 Å². The quantitative estimate of drug-likeness (QED) is 0.796. The molecule has 0 saturated heterocycles. The van der Waals surface area contributed by atoms with E-state index in [0.29, 0.717) is 11.3 Å². The van der Waals surface area contributed by atoms with E-state index in [2.05, 4.69) is 27.7 Å². The molecule has 0 heterocycles.